The lowest BCUT2D eigenvalue weighted by Crippen LogP contribution is -2.47. The molecule has 3 N–H and O–H groups in total. The Hall–Kier alpha value is -1.39. The van der Waals surface area contributed by atoms with E-state index in [0.29, 0.717) is 12.3 Å². The molecule has 1 saturated heterocycles. The summed E-state index contributed by atoms with van der Waals surface area (Å²) in [5, 5.41) is 12.2. The van der Waals surface area contributed by atoms with E-state index in [-0.39, 0.29) is 29.9 Å². The number of rotatable bonds is 7. The van der Waals surface area contributed by atoms with Crippen LogP contribution in [-0.2, 0) is 24.2 Å². The first-order chi connectivity index (χ1) is 13.7. The molecule has 0 saturated carbocycles. The number of amides is 1. The van der Waals surface area contributed by atoms with Gasteiger partial charge >= 0.3 is 0 Å². The molecule has 0 radical (unpaired) electrons. The molecule has 1 aromatic heterocycles. The molecule has 1 fully saturated rings. The number of aliphatic imine (C=N–C) groups is 1. The highest BCUT2D eigenvalue weighted by Gasteiger charge is 2.23. The van der Waals surface area contributed by atoms with E-state index in [1.807, 2.05) is 0 Å². The molecule has 1 atom stereocenters. The summed E-state index contributed by atoms with van der Waals surface area (Å²) in [5.74, 6) is 3.34. The average molecular weight is 517 g/mol. The van der Waals surface area contributed by atoms with Gasteiger partial charge in [0, 0.05) is 52.0 Å². The van der Waals surface area contributed by atoms with Crippen molar-refractivity contribution in [2.45, 2.75) is 71.3 Å². The number of nitrogens with two attached hydrogens (primary N) is 1. The van der Waals surface area contributed by atoms with Crippen molar-refractivity contribution < 1.29 is 4.79 Å². The van der Waals surface area contributed by atoms with Crippen LogP contribution in [0.3, 0.4) is 0 Å². The molecule has 0 bridgehead atoms. The number of nitrogens with zero attached hydrogens (tertiary/aromatic N) is 5. The van der Waals surface area contributed by atoms with Gasteiger partial charge in [-0.3, -0.25) is 9.79 Å². The number of likely N-dealkylation sites (tertiary alicyclic amines) is 1. The summed E-state index contributed by atoms with van der Waals surface area (Å²) >= 11 is 0. The van der Waals surface area contributed by atoms with Crippen LogP contribution in [0.5, 0.6) is 0 Å². The maximum absolute atomic E-state index is 11.3. The second-order valence-electron chi connectivity index (χ2n) is 7.96. The number of piperidine rings is 1. The summed E-state index contributed by atoms with van der Waals surface area (Å²) in [7, 11) is 0. The van der Waals surface area contributed by atoms with E-state index >= 15 is 0 Å². The number of carbonyl (C=O) groups excluding carboxylic acids is 1. The summed E-state index contributed by atoms with van der Waals surface area (Å²) in [6.45, 7) is 6.59. The van der Waals surface area contributed by atoms with Gasteiger partial charge in [-0.05, 0) is 44.9 Å². The van der Waals surface area contributed by atoms with Crippen LogP contribution in [0.2, 0.25) is 0 Å². The zero-order chi connectivity index (χ0) is 19.8. The van der Waals surface area contributed by atoms with Crippen molar-refractivity contribution in [2.24, 2.45) is 16.6 Å². The predicted octanol–water partition coefficient (Wildman–Crippen LogP) is 2.11. The molecule has 1 aromatic rings. The molecule has 1 amide bonds. The van der Waals surface area contributed by atoms with Crippen molar-refractivity contribution in [3.8, 4) is 0 Å². The van der Waals surface area contributed by atoms with E-state index in [0.717, 1.165) is 82.4 Å². The Kier molecular flexibility index (Phi) is 10.2. The maximum Gasteiger partial charge on any atom is 0.217 e. The number of fused-ring (bicyclic) bond motifs is 1. The van der Waals surface area contributed by atoms with Crippen molar-refractivity contribution in [1.29, 1.82) is 0 Å². The summed E-state index contributed by atoms with van der Waals surface area (Å²) in [6, 6.07) is 0. The van der Waals surface area contributed by atoms with Gasteiger partial charge in [-0.15, -0.1) is 34.2 Å². The van der Waals surface area contributed by atoms with Gasteiger partial charge in [0.25, 0.3) is 0 Å². The minimum atomic E-state index is -0.207. The molecule has 0 aliphatic carbocycles. The lowest BCUT2D eigenvalue weighted by atomic mass is 9.95. The number of aromatic nitrogens is 3. The summed E-state index contributed by atoms with van der Waals surface area (Å²) in [6.07, 6.45) is 9.27. The summed E-state index contributed by atoms with van der Waals surface area (Å²) < 4.78 is 2.32. The first-order valence-corrected chi connectivity index (χ1v) is 10.9. The van der Waals surface area contributed by atoms with Crippen molar-refractivity contribution in [2.75, 3.05) is 26.2 Å². The highest BCUT2D eigenvalue weighted by Crippen LogP contribution is 2.19. The van der Waals surface area contributed by atoms with E-state index in [1.54, 1.807) is 0 Å². The number of guanidine groups is 1. The number of halogens is 1. The fourth-order valence-corrected chi connectivity index (χ4v) is 4.29. The number of aryl methyl sites for hydroxylation is 2. The maximum atomic E-state index is 11.3. The van der Waals surface area contributed by atoms with Crippen LogP contribution in [0.1, 0.15) is 63.5 Å². The third-order valence-electron chi connectivity index (χ3n) is 5.65. The molecular formula is C20H36IN7O. The SMILES string of the molecule is CCNC(=NCCCc1nnc2n1CCCCC2)N1CCCC(CC(N)=O)C1.I. The number of nitrogens with one attached hydrogen (secondary N) is 1. The van der Waals surface area contributed by atoms with Gasteiger partial charge in [0.05, 0.1) is 0 Å². The van der Waals surface area contributed by atoms with Crippen LogP contribution in [-0.4, -0.2) is 57.7 Å². The molecule has 8 nitrogen and oxygen atoms in total. The zero-order valence-corrected chi connectivity index (χ0v) is 19.9. The van der Waals surface area contributed by atoms with E-state index < -0.39 is 0 Å². The number of carbonyl (C=O) groups is 1. The van der Waals surface area contributed by atoms with E-state index in [1.165, 1.54) is 19.3 Å². The Morgan fingerprint density at radius 3 is 2.90 bits per heavy atom. The third kappa shape index (κ3) is 7.11. The van der Waals surface area contributed by atoms with Crippen LogP contribution in [0.15, 0.2) is 4.99 Å². The molecule has 2 aliphatic rings. The first-order valence-electron chi connectivity index (χ1n) is 10.9. The van der Waals surface area contributed by atoms with Crippen LogP contribution >= 0.6 is 24.0 Å². The average Bonchev–Trinajstić information content (AvgIpc) is 2.90. The standard InChI is InChI=1S/C20H35N7O.HI/c1-2-22-20(26-12-7-8-16(15-26)14-17(21)28)23-11-6-10-19-25-24-18-9-4-3-5-13-27(18)19;/h16H,2-15H2,1H3,(H2,21,28)(H,22,23);1H. The summed E-state index contributed by atoms with van der Waals surface area (Å²) in [4.78, 5) is 18.4. The smallest absolute Gasteiger partial charge is 0.217 e. The number of primary amides is 1. The highest BCUT2D eigenvalue weighted by atomic mass is 127. The Balaban J connectivity index is 0.00000300. The first kappa shape index (κ1) is 23.9. The predicted molar refractivity (Wildman–Crippen MR) is 125 cm³/mol. The molecule has 3 heterocycles. The van der Waals surface area contributed by atoms with Gasteiger partial charge < -0.3 is 20.5 Å². The lowest BCUT2D eigenvalue weighted by Gasteiger charge is -2.34. The molecule has 9 heteroatoms. The van der Waals surface area contributed by atoms with E-state index in [9.17, 15) is 4.79 Å². The second kappa shape index (κ2) is 12.3. The fourth-order valence-electron chi connectivity index (χ4n) is 4.29. The molecule has 29 heavy (non-hydrogen) atoms. The topological polar surface area (TPSA) is 101 Å². The van der Waals surface area contributed by atoms with Crippen LogP contribution < -0.4 is 11.1 Å². The molecule has 1 unspecified atom stereocenters. The fraction of sp³-hybridized carbons (Fsp3) is 0.800. The number of hydrogen-bond acceptors (Lipinski definition) is 4. The van der Waals surface area contributed by atoms with E-state index in [2.05, 4.69) is 31.9 Å². The highest BCUT2D eigenvalue weighted by molar-refractivity contribution is 14.0. The van der Waals surface area contributed by atoms with E-state index in [4.69, 9.17) is 10.7 Å². The Labute approximate surface area is 191 Å². The molecule has 0 spiro atoms. The van der Waals surface area contributed by atoms with Crippen molar-refractivity contribution in [1.82, 2.24) is 25.0 Å². The number of hydrogen-bond donors (Lipinski definition) is 2. The Morgan fingerprint density at radius 2 is 2.10 bits per heavy atom. The normalized spacial score (nSPS) is 19.8. The lowest BCUT2D eigenvalue weighted by molar-refractivity contribution is -0.119. The Morgan fingerprint density at radius 1 is 1.24 bits per heavy atom. The molecule has 3 rings (SSSR count). The molecule has 2 aliphatic heterocycles. The van der Waals surface area contributed by atoms with Crippen LogP contribution in [0.25, 0.3) is 0 Å². The second-order valence-corrected chi connectivity index (χ2v) is 7.96. The largest absolute Gasteiger partial charge is 0.370 e. The molecular weight excluding hydrogens is 481 g/mol. The van der Waals surface area contributed by atoms with Crippen LogP contribution in [0.4, 0.5) is 0 Å². The third-order valence-corrected chi connectivity index (χ3v) is 5.65. The van der Waals surface area contributed by atoms with Gasteiger partial charge in [-0.25, -0.2) is 0 Å². The van der Waals surface area contributed by atoms with Gasteiger partial charge in [0.1, 0.15) is 11.6 Å². The monoisotopic (exact) mass is 517 g/mol. The summed E-state index contributed by atoms with van der Waals surface area (Å²) in [5.41, 5.74) is 5.39. The van der Waals surface area contributed by atoms with Crippen molar-refractivity contribution in [3.63, 3.8) is 0 Å². The molecule has 164 valence electrons. The quantitative estimate of drug-likeness (QED) is 0.250. The minimum absolute atomic E-state index is 0. The van der Waals surface area contributed by atoms with Gasteiger partial charge in [-0.1, -0.05) is 6.42 Å². The Bertz CT molecular complexity index is 676. The zero-order valence-electron chi connectivity index (χ0n) is 17.6. The van der Waals surface area contributed by atoms with Crippen molar-refractivity contribution in [3.05, 3.63) is 11.6 Å². The van der Waals surface area contributed by atoms with Crippen LogP contribution in [0, 0.1) is 5.92 Å². The minimum Gasteiger partial charge on any atom is -0.370 e. The van der Waals surface area contributed by atoms with Gasteiger partial charge in [0.2, 0.25) is 5.91 Å². The molecule has 0 aromatic carbocycles. The van der Waals surface area contributed by atoms with Gasteiger partial charge in [-0.2, -0.15) is 0 Å². The van der Waals surface area contributed by atoms with Gasteiger partial charge in [0.15, 0.2) is 5.96 Å². The van der Waals surface area contributed by atoms with Crippen molar-refractivity contribution >= 4 is 35.8 Å².